The average Bonchev–Trinajstić information content (AvgIpc) is 2.17. The highest BCUT2D eigenvalue weighted by atomic mass is 35.5. The van der Waals surface area contributed by atoms with Crippen LogP contribution in [0.2, 0.25) is 5.02 Å². The Morgan fingerprint density at radius 1 is 1.73 bits per heavy atom. The van der Waals surface area contributed by atoms with Gasteiger partial charge in [-0.25, -0.2) is 9.78 Å². The van der Waals surface area contributed by atoms with Crippen LogP contribution in [-0.4, -0.2) is 17.6 Å². The molecule has 0 bridgehead atoms. The van der Waals surface area contributed by atoms with Gasteiger partial charge in [0, 0.05) is 17.8 Å². The van der Waals surface area contributed by atoms with E-state index in [9.17, 15) is 4.79 Å². The van der Waals surface area contributed by atoms with E-state index in [4.69, 9.17) is 22.1 Å². The van der Waals surface area contributed by atoms with Crippen LogP contribution in [0, 0.1) is 0 Å². The van der Waals surface area contributed by atoms with Gasteiger partial charge in [-0.2, -0.15) is 0 Å². The molecule has 1 rings (SSSR count). The van der Waals surface area contributed by atoms with Gasteiger partial charge in [-0.1, -0.05) is 11.6 Å². The first-order valence-electron chi connectivity index (χ1n) is 4.40. The predicted molar refractivity (Wildman–Crippen MR) is 59.3 cm³/mol. The summed E-state index contributed by atoms with van der Waals surface area (Å²) in [6.07, 6.45) is 4.25. The summed E-state index contributed by atoms with van der Waals surface area (Å²) in [6.45, 7) is 2.07. The van der Waals surface area contributed by atoms with Gasteiger partial charge in [-0.15, -0.1) is 0 Å². The molecular weight excluding hydrogens is 216 g/mol. The van der Waals surface area contributed by atoms with E-state index < -0.39 is 5.97 Å². The Balaban J connectivity index is 2.84. The Hall–Kier alpha value is -1.55. The summed E-state index contributed by atoms with van der Waals surface area (Å²) in [6, 6.07) is 1.60. The van der Waals surface area contributed by atoms with Crippen LogP contribution in [0.3, 0.4) is 0 Å². The molecule has 0 aliphatic heterocycles. The number of aromatic nitrogens is 1. The molecular formula is C10H11ClN2O2. The molecule has 0 spiro atoms. The number of esters is 1. The maximum Gasteiger partial charge on any atom is 0.330 e. The van der Waals surface area contributed by atoms with Crippen LogP contribution in [0.1, 0.15) is 12.5 Å². The molecule has 0 saturated carbocycles. The average molecular weight is 227 g/mol. The number of nitrogen functional groups attached to an aromatic ring is 1. The lowest BCUT2D eigenvalue weighted by molar-refractivity contribution is -0.137. The zero-order valence-corrected chi connectivity index (χ0v) is 8.99. The SMILES string of the molecule is CCOC(=O)C=Cc1c(Cl)ccnc1N. The second-order valence-electron chi connectivity index (χ2n) is 2.68. The fourth-order valence-corrected chi connectivity index (χ4v) is 1.19. The van der Waals surface area contributed by atoms with E-state index in [2.05, 4.69) is 4.98 Å². The fourth-order valence-electron chi connectivity index (χ4n) is 0.971. The first-order chi connectivity index (χ1) is 7.15. The van der Waals surface area contributed by atoms with Gasteiger partial charge in [0.1, 0.15) is 5.82 Å². The van der Waals surface area contributed by atoms with Crippen molar-refractivity contribution < 1.29 is 9.53 Å². The first-order valence-corrected chi connectivity index (χ1v) is 4.77. The minimum atomic E-state index is -0.434. The number of hydrogen-bond acceptors (Lipinski definition) is 4. The molecule has 0 unspecified atom stereocenters. The van der Waals surface area contributed by atoms with Gasteiger partial charge in [0.05, 0.1) is 11.6 Å². The number of pyridine rings is 1. The third-order valence-corrected chi connectivity index (χ3v) is 1.97. The lowest BCUT2D eigenvalue weighted by Gasteiger charge is -2.01. The zero-order valence-electron chi connectivity index (χ0n) is 8.24. The van der Waals surface area contributed by atoms with Crippen molar-refractivity contribution in [2.24, 2.45) is 0 Å². The van der Waals surface area contributed by atoms with Crippen LogP contribution < -0.4 is 5.73 Å². The largest absolute Gasteiger partial charge is 0.463 e. The lowest BCUT2D eigenvalue weighted by Crippen LogP contribution is -1.99. The first kappa shape index (κ1) is 11.5. The minimum Gasteiger partial charge on any atom is -0.463 e. The maximum atomic E-state index is 11.0. The lowest BCUT2D eigenvalue weighted by atomic mass is 10.2. The molecule has 0 radical (unpaired) electrons. The Morgan fingerprint density at radius 3 is 3.07 bits per heavy atom. The van der Waals surface area contributed by atoms with Crippen LogP contribution >= 0.6 is 11.6 Å². The molecule has 0 fully saturated rings. The van der Waals surface area contributed by atoms with E-state index in [0.717, 1.165) is 0 Å². The molecule has 0 aliphatic carbocycles. The number of hydrogen-bond donors (Lipinski definition) is 1. The number of nitrogens with two attached hydrogens (primary N) is 1. The molecule has 0 saturated heterocycles. The molecule has 1 aromatic rings. The third-order valence-electron chi connectivity index (χ3n) is 1.64. The van der Waals surface area contributed by atoms with E-state index >= 15 is 0 Å². The summed E-state index contributed by atoms with van der Waals surface area (Å²) in [5.74, 6) is -0.153. The van der Waals surface area contributed by atoms with E-state index in [-0.39, 0.29) is 5.82 Å². The predicted octanol–water partition coefficient (Wildman–Crippen LogP) is 1.89. The third kappa shape index (κ3) is 3.25. The highest BCUT2D eigenvalue weighted by Crippen LogP contribution is 2.20. The van der Waals surface area contributed by atoms with Crippen molar-refractivity contribution in [1.82, 2.24) is 4.98 Å². The molecule has 0 aliphatic rings. The van der Waals surface area contributed by atoms with Crippen molar-refractivity contribution >= 4 is 29.5 Å². The van der Waals surface area contributed by atoms with Crippen LogP contribution in [0.4, 0.5) is 5.82 Å². The Labute approximate surface area is 92.7 Å². The minimum absolute atomic E-state index is 0.281. The van der Waals surface area contributed by atoms with Crippen molar-refractivity contribution in [2.75, 3.05) is 12.3 Å². The molecule has 0 atom stereocenters. The Morgan fingerprint density at radius 2 is 2.47 bits per heavy atom. The van der Waals surface area contributed by atoms with Gasteiger partial charge < -0.3 is 10.5 Å². The Bertz CT molecular complexity index is 371. The van der Waals surface area contributed by atoms with Gasteiger partial charge in [0.2, 0.25) is 0 Å². The monoisotopic (exact) mass is 226 g/mol. The number of carbonyl (C=O) groups excluding carboxylic acids is 1. The van der Waals surface area contributed by atoms with E-state index in [0.29, 0.717) is 17.2 Å². The van der Waals surface area contributed by atoms with Crippen LogP contribution in [0.5, 0.6) is 0 Å². The van der Waals surface area contributed by atoms with Crippen LogP contribution in [0.25, 0.3) is 6.08 Å². The van der Waals surface area contributed by atoms with Gasteiger partial charge in [-0.05, 0) is 19.1 Å². The zero-order chi connectivity index (χ0) is 11.3. The van der Waals surface area contributed by atoms with Crippen molar-refractivity contribution in [2.45, 2.75) is 6.92 Å². The normalized spacial score (nSPS) is 10.5. The molecule has 1 aromatic heterocycles. The van der Waals surface area contributed by atoms with Gasteiger partial charge in [0.15, 0.2) is 0 Å². The molecule has 0 amide bonds. The second kappa shape index (κ2) is 5.36. The van der Waals surface area contributed by atoms with Crippen molar-refractivity contribution in [3.05, 3.63) is 28.9 Å². The smallest absolute Gasteiger partial charge is 0.330 e. The topological polar surface area (TPSA) is 65.2 Å². The van der Waals surface area contributed by atoms with E-state index in [1.807, 2.05) is 0 Å². The van der Waals surface area contributed by atoms with Gasteiger partial charge in [0.25, 0.3) is 0 Å². The number of ether oxygens (including phenoxy) is 1. The maximum absolute atomic E-state index is 11.0. The summed E-state index contributed by atoms with van der Waals surface area (Å²) >= 11 is 5.87. The summed E-state index contributed by atoms with van der Waals surface area (Å²) in [4.78, 5) is 14.9. The standard InChI is InChI=1S/C10H11ClN2O2/c1-2-15-9(14)4-3-7-8(11)5-6-13-10(7)12/h3-6H,2H2,1H3,(H2,12,13). The quantitative estimate of drug-likeness (QED) is 0.632. The molecule has 15 heavy (non-hydrogen) atoms. The van der Waals surface area contributed by atoms with Crippen molar-refractivity contribution in [1.29, 1.82) is 0 Å². The molecule has 4 nitrogen and oxygen atoms in total. The Kier molecular flexibility index (Phi) is 4.12. The highest BCUT2D eigenvalue weighted by molar-refractivity contribution is 6.32. The molecule has 1 heterocycles. The van der Waals surface area contributed by atoms with E-state index in [1.54, 1.807) is 13.0 Å². The highest BCUT2D eigenvalue weighted by Gasteiger charge is 2.02. The summed E-state index contributed by atoms with van der Waals surface area (Å²) < 4.78 is 4.71. The molecule has 0 aromatic carbocycles. The second-order valence-corrected chi connectivity index (χ2v) is 3.08. The van der Waals surface area contributed by atoms with Crippen LogP contribution in [-0.2, 0) is 9.53 Å². The molecule has 5 heteroatoms. The number of halogens is 1. The van der Waals surface area contributed by atoms with Gasteiger partial charge >= 0.3 is 5.97 Å². The number of rotatable bonds is 3. The summed E-state index contributed by atoms with van der Waals surface area (Å²) in [7, 11) is 0. The van der Waals surface area contributed by atoms with E-state index in [1.165, 1.54) is 18.3 Å². The number of nitrogens with zero attached hydrogens (tertiary/aromatic N) is 1. The van der Waals surface area contributed by atoms with Gasteiger partial charge in [-0.3, -0.25) is 0 Å². The number of anilines is 1. The number of carbonyl (C=O) groups is 1. The summed E-state index contributed by atoms with van der Waals surface area (Å²) in [5, 5.41) is 0.447. The molecule has 80 valence electrons. The summed E-state index contributed by atoms with van der Waals surface area (Å²) in [5.41, 5.74) is 6.10. The molecule has 2 N–H and O–H groups in total. The van der Waals surface area contributed by atoms with Crippen molar-refractivity contribution in [3.63, 3.8) is 0 Å². The van der Waals surface area contributed by atoms with Crippen molar-refractivity contribution in [3.8, 4) is 0 Å². The fraction of sp³-hybridized carbons (Fsp3) is 0.200. The van der Waals surface area contributed by atoms with Crippen LogP contribution in [0.15, 0.2) is 18.3 Å².